The Hall–Kier alpha value is -1.76. The Balaban J connectivity index is 1.97. The molecule has 0 bridgehead atoms. The average molecular weight is 237 g/mol. The quantitative estimate of drug-likeness (QED) is 0.779. The van der Waals surface area contributed by atoms with Crippen LogP contribution in [0.2, 0.25) is 0 Å². The van der Waals surface area contributed by atoms with E-state index in [4.69, 9.17) is 5.11 Å². The van der Waals surface area contributed by atoms with E-state index in [1.165, 1.54) is 4.80 Å². The first-order valence-electron chi connectivity index (χ1n) is 5.52. The van der Waals surface area contributed by atoms with Crippen LogP contribution < -0.4 is 0 Å². The molecule has 0 saturated carbocycles. The van der Waals surface area contributed by atoms with Gasteiger partial charge >= 0.3 is 5.97 Å². The molecule has 0 fully saturated rings. The van der Waals surface area contributed by atoms with E-state index in [9.17, 15) is 4.79 Å². The molecule has 1 aromatic rings. The molecule has 7 nitrogen and oxygen atoms in total. The van der Waals surface area contributed by atoms with Gasteiger partial charge in [-0.05, 0) is 11.6 Å². The molecule has 1 aromatic heterocycles. The highest BCUT2D eigenvalue weighted by Gasteiger charge is 2.17. The zero-order valence-corrected chi connectivity index (χ0v) is 9.70. The highest BCUT2D eigenvalue weighted by atomic mass is 16.4. The summed E-state index contributed by atoms with van der Waals surface area (Å²) >= 11 is 0. The van der Waals surface area contributed by atoms with Crippen LogP contribution in [0.5, 0.6) is 0 Å². The van der Waals surface area contributed by atoms with Crippen LogP contribution in [0.4, 0.5) is 0 Å². The second kappa shape index (κ2) is 5.05. The molecule has 2 rings (SSSR count). The Labute approximate surface area is 98.7 Å². The number of carboxylic acids is 1. The molecule has 2 heterocycles. The van der Waals surface area contributed by atoms with Gasteiger partial charge in [0.1, 0.15) is 0 Å². The van der Waals surface area contributed by atoms with E-state index in [0.717, 1.165) is 18.5 Å². The molecule has 7 heteroatoms. The van der Waals surface area contributed by atoms with Crippen molar-refractivity contribution in [3.8, 4) is 0 Å². The maximum atomic E-state index is 10.5. The molecule has 0 radical (unpaired) electrons. The summed E-state index contributed by atoms with van der Waals surface area (Å²) in [4.78, 5) is 14.0. The van der Waals surface area contributed by atoms with E-state index in [1.807, 2.05) is 0 Å². The Kier molecular flexibility index (Phi) is 3.48. The number of aryl methyl sites for hydroxylation is 1. The molecule has 0 amide bonds. The molecule has 1 aliphatic heterocycles. The highest BCUT2D eigenvalue weighted by Crippen LogP contribution is 2.16. The van der Waals surface area contributed by atoms with E-state index in [-0.39, 0.29) is 6.42 Å². The van der Waals surface area contributed by atoms with Crippen molar-refractivity contribution in [3.05, 3.63) is 11.9 Å². The summed E-state index contributed by atoms with van der Waals surface area (Å²) in [6, 6.07) is 0. The molecule has 0 saturated heterocycles. The number of carboxylic acid groups (broad SMARTS) is 1. The van der Waals surface area contributed by atoms with Gasteiger partial charge in [-0.2, -0.15) is 4.80 Å². The minimum Gasteiger partial charge on any atom is -0.481 e. The standard InChI is InChI=1S/C10H15N5O2/c1-14-12-10(11-13-14)8-3-2-5-15(7-8)6-4-9(16)17/h3H,2,4-7H2,1H3,(H,16,17). The van der Waals surface area contributed by atoms with E-state index in [0.29, 0.717) is 18.9 Å². The van der Waals surface area contributed by atoms with Crippen LogP contribution in [-0.4, -0.2) is 55.8 Å². The first kappa shape index (κ1) is 11.7. The van der Waals surface area contributed by atoms with Crippen molar-refractivity contribution in [2.24, 2.45) is 7.05 Å². The number of hydrogen-bond donors (Lipinski definition) is 1. The third-order valence-electron chi connectivity index (χ3n) is 2.67. The minimum absolute atomic E-state index is 0.168. The summed E-state index contributed by atoms with van der Waals surface area (Å²) in [5.74, 6) is -0.133. The SMILES string of the molecule is Cn1nnc(C2=CCCN(CCC(=O)O)C2)n1. The summed E-state index contributed by atoms with van der Waals surface area (Å²) in [7, 11) is 1.72. The van der Waals surface area contributed by atoms with Crippen molar-refractivity contribution < 1.29 is 9.90 Å². The summed E-state index contributed by atoms with van der Waals surface area (Å²) < 4.78 is 0. The lowest BCUT2D eigenvalue weighted by atomic mass is 10.1. The topological polar surface area (TPSA) is 84.1 Å². The van der Waals surface area contributed by atoms with Gasteiger partial charge < -0.3 is 5.11 Å². The molecule has 17 heavy (non-hydrogen) atoms. The predicted molar refractivity (Wildman–Crippen MR) is 60.1 cm³/mol. The van der Waals surface area contributed by atoms with E-state index in [2.05, 4.69) is 26.4 Å². The fourth-order valence-corrected chi connectivity index (χ4v) is 1.83. The average Bonchev–Trinajstić information content (AvgIpc) is 2.74. The van der Waals surface area contributed by atoms with Gasteiger partial charge in [-0.15, -0.1) is 10.2 Å². The number of aliphatic carboxylic acids is 1. The van der Waals surface area contributed by atoms with Crippen LogP contribution in [0, 0.1) is 0 Å². The molecule has 0 aromatic carbocycles. The molecule has 0 spiro atoms. The molecular formula is C10H15N5O2. The first-order valence-corrected chi connectivity index (χ1v) is 5.52. The van der Waals surface area contributed by atoms with Gasteiger partial charge in [-0.25, -0.2) is 0 Å². The van der Waals surface area contributed by atoms with Gasteiger partial charge in [0.2, 0.25) is 5.82 Å². The van der Waals surface area contributed by atoms with Crippen LogP contribution in [-0.2, 0) is 11.8 Å². The van der Waals surface area contributed by atoms with Gasteiger partial charge in [-0.3, -0.25) is 9.69 Å². The van der Waals surface area contributed by atoms with Crippen molar-refractivity contribution in [1.82, 2.24) is 25.1 Å². The number of hydrogen-bond acceptors (Lipinski definition) is 5. The Morgan fingerprint density at radius 3 is 3.06 bits per heavy atom. The zero-order chi connectivity index (χ0) is 12.3. The third kappa shape index (κ3) is 3.10. The largest absolute Gasteiger partial charge is 0.481 e. The lowest BCUT2D eigenvalue weighted by Gasteiger charge is -2.25. The van der Waals surface area contributed by atoms with E-state index < -0.39 is 5.97 Å². The predicted octanol–water partition coefficient (Wildman–Crippen LogP) is -0.226. The van der Waals surface area contributed by atoms with Crippen molar-refractivity contribution in [1.29, 1.82) is 0 Å². The zero-order valence-electron chi connectivity index (χ0n) is 9.70. The lowest BCUT2D eigenvalue weighted by molar-refractivity contribution is -0.137. The third-order valence-corrected chi connectivity index (χ3v) is 2.67. The Bertz CT molecular complexity index is 440. The van der Waals surface area contributed by atoms with Crippen LogP contribution >= 0.6 is 0 Å². The molecule has 0 atom stereocenters. The normalized spacial score (nSPS) is 16.9. The number of tetrazole rings is 1. The van der Waals surface area contributed by atoms with Crippen molar-refractivity contribution in [2.45, 2.75) is 12.8 Å². The van der Waals surface area contributed by atoms with E-state index in [1.54, 1.807) is 7.05 Å². The summed E-state index contributed by atoms with van der Waals surface area (Å²) in [5.41, 5.74) is 1.02. The second-order valence-electron chi connectivity index (χ2n) is 4.04. The first-order chi connectivity index (χ1) is 8.15. The summed E-state index contributed by atoms with van der Waals surface area (Å²) in [5, 5.41) is 20.6. The smallest absolute Gasteiger partial charge is 0.304 e. The van der Waals surface area contributed by atoms with Gasteiger partial charge in [0.25, 0.3) is 0 Å². The van der Waals surface area contributed by atoms with Gasteiger partial charge in [0.05, 0.1) is 13.5 Å². The molecule has 0 aliphatic carbocycles. The van der Waals surface area contributed by atoms with Crippen LogP contribution in [0.25, 0.3) is 5.57 Å². The van der Waals surface area contributed by atoms with Crippen LogP contribution in [0.3, 0.4) is 0 Å². The number of rotatable bonds is 4. The van der Waals surface area contributed by atoms with Crippen molar-refractivity contribution >= 4 is 11.5 Å². The van der Waals surface area contributed by atoms with Gasteiger partial charge in [-0.1, -0.05) is 6.08 Å². The number of nitrogens with zero attached hydrogens (tertiary/aromatic N) is 5. The second-order valence-corrected chi connectivity index (χ2v) is 4.04. The monoisotopic (exact) mass is 237 g/mol. The van der Waals surface area contributed by atoms with Gasteiger partial charge in [0, 0.05) is 25.2 Å². The molecule has 1 N–H and O–H groups in total. The summed E-state index contributed by atoms with van der Waals surface area (Å²) in [6.45, 7) is 2.14. The van der Waals surface area contributed by atoms with Crippen molar-refractivity contribution in [3.63, 3.8) is 0 Å². The fraction of sp³-hybridized carbons (Fsp3) is 0.600. The minimum atomic E-state index is -0.765. The maximum absolute atomic E-state index is 10.5. The van der Waals surface area contributed by atoms with Crippen LogP contribution in [0.15, 0.2) is 6.08 Å². The number of aromatic nitrogens is 4. The fourth-order valence-electron chi connectivity index (χ4n) is 1.83. The molecule has 92 valence electrons. The highest BCUT2D eigenvalue weighted by molar-refractivity contribution is 5.67. The lowest BCUT2D eigenvalue weighted by Crippen LogP contribution is -2.31. The molecule has 0 unspecified atom stereocenters. The van der Waals surface area contributed by atoms with Crippen molar-refractivity contribution in [2.75, 3.05) is 19.6 Å². The Morgan fingerprint density at radius 2 is 2.41 bits per heavy atom. The molecular weight excluding hydrogens is 222 g/mol. The molecule has 1 aliphatic rings. The summed E-state index contributed by atoms with van der Waals surface area (Å²) in [6.07, 6.45) is 3.16. The maximum Gasteiger partial charge on any atom is 0.304 e. The van der Waals surface area contributed by atoms with E-state index >= 15 is 0 Å². The Morgan fingerprint density at radius 1 is 1.59 bits per heavy atom. The van der Waals surface area contributed by atoms with Gasteiger partial charge in [0.15, 0.2) is 0 Å². The number of carbonyl (C=O) groups is 1. The van der Waals surface area contributed by atoms with Crippen LogP contribution in [0.1, 0.15) is 18.7 Å².